The van der Waals surface area contributed by atoms with Gasteiger partial charge in [0.05, 0.1) is 27.9 Å². The smallest absolute Gasteiger partial charge is 0.283 e. The van der Waals surface area contributed by atoms with Gasteiger partial charge in [-0.15, -0.1) is 11.8 Å². The number of rotatable bonds is 5. The van der Waals surface area contributed by atoms with Crippen molar-refractivity contribution in [1.82, 2.24) is 14.8 Å². The van der Waals surface area contributed by atoms with Crippen LogP contribution in [0.3, 0.4) is 0 Å². The molecule has 9 heteroatoms. The minimum Gasteiger partial charge on any atom is -0.321 e. The van der Waals surface area contributed by atoms with Gasteiger partial charge in [-0.2, -0.15) is 5.10 Å². The van der Waals surface area contributed by atoms with Crippen LogP contribution in [0.1, 0.15) is 30.2 Å². The topological polar surface area (TPSA) is 103 Å². The number of hydrogen-bond acceptors (Lipinski definition) is 6. The normalized spacial score (nSPS) is 11.1. The summed E-state index contributed by atoms with van der Waals surface area (Å²) in [5.74, 6) is -0.432. The molecule has 1 amide bonds. The van der Waals surface area contributed by atoms with Gasteiger partial charge in [0.1, 0.15) is 0 Å². The number of nitrogens with one attached hydrogen (secondary N) is 1. The van der Waals surface area contributed by atoms with Crippen LogP contribution in [0.4, 0.5) is 11.4 Å². The van der Waals surface area contributed by atoms with Crippen LogP contribution in [-0.4, -0.2) is 31.9 Å². The Kier molecular flexibility index (Phi) is 4.90. The van der Waals surface area contributed by atoms with Crippen LogP contribution in [0.5, 0.6) is 0 Å². The summed E-state index contributed by atoms with van der Waals surface area (Å²) in [6.45, 7) is 4.02. The van der Waals surface area contributed by atoms with E-state index in [2.05, 4.69) is 15.4 Å². The van der Waals surface area contributed by atoms with E-state index in [4.69, 9.17) is 0 Å². The molecule has 3 aromatic rings. The van der Waals surface area contributed by atoms with E-state index in [1.807, 2.05) is 13.8 Å². The molecule has 0 aliphatic heterocycles. The number of nitrogens with zero attached hydrogens (tertiary/aromatic N) is 4. The molecule has 2 aromatic heterocycles. The lowest BCUT2D eigenvalue weighted by molar-refractivity contribution is -0.387. The van der Waals surface area contributed by atoms with Crippen molar-refractivity contribution in [2.75, 3.05) is 11.6 Å². The molecule has 0 fully saturated rings. The molecule has 0 saturated heterocycles. The van der Waals surface area contributed by atoms with Crippen molar-refractivity contribution < 1.29 is 9.72 Å². The summed E-state index contributed by atoms with van der Waals surface area (Å²) in [6.07, 6.45) is 4.99. The Balaban J connectivity index is 1.87. The Bertz CT molecular complexity index is 999. The highest BCUT2D eigenvalue weighted by Crippen LogP contribution is 2.28. The number of fused-ring (bicyclic) bond motifs is 1. The lowest BCUT2D eigenvalue weighted by Crippen LogP contribution is -2.12. The number of thioether (sulfide) groups is 1. The molecular weight excluding hydrogens is 354 g/mol. The maximum Gasteiger partial charge on any atom is 0.283 e. The number of nitro benzene ring substituents is 1. The lowest BCUT2D eigenvalue weighted by Gasteiger charge is -2.08. The second-order valence-corrected chi connectivity index (χ2v) is 6.77. The van der Waals surface area contributed by atoms with Crippen LogP contribution in [0.25, 0.3) is 11.0 Å². The summed E-state index contributed by atoms with van der Waals surface area (Å²) >= 11 is 1.26. The van der Waals surface area contributed by atoms with Gasteiger partial charge < -0.3 is 5.32 Å². The third-order valence-corrected chi connectivity index (χ3v) is 4.60. The van der Waals surface area contributed by atoms with Gasteiger partial charge in [0.15, 0.2) is 5.65 Å². The van der Waals surface area contributed by atoms with Crippen molar-refractivity contribution in [1.29, 1.82) is 0 Å². The van der Waals surface area contributed by atoms with Crippen molar-refractivity contribution >= 4 is 40.1 Å². The molecule has 0 aliphatic rings. The molecule has 26 heavy (non-hydrogen) atoms. The quantitative estimate of drug-likeness (QED) is 0.414. The van der Waals surface area contributed by atoms with Crippen LogP contribution in [0.2, 0.25) is 0 Å². The first kappa shape index (κ1) is 17.9. The van der Waals surface area contributed by atoms with Crippen LogP contribution in [0.15, 0.2) is 41.6 Å². The van der Waals surface area contributed by atoms with Crippen LogP contribution < -0.4 is 5.32 Å². The molecule has 3 rings (SSSR count). The first-order valence-electron chi connectivity index (χ1n) is 7.87. The zero-order valence-corrected chi connectivity index (χ0v) is 15.3. The van der Waals surface area contributed by atoms with Gasteiger partial charge >= 0.3 is 0 Å². The van der Waals surface area contributed by atoms with Crippen molar-refractivity contribution in [2.24, 2.45) is 0 Å². The van der Waals surface area contributed by atoms with E-state index in [1.165, 1.54) is 17.8 Å². The van der Waals surface area contributed by atoms with E-state index in [9.17, 15) is 14.9 Å². The highest BCUT2D eigenvalue weighted by atomic mass is 32.2. The standard InChI is InChI=1S/C17H17N5O3S/c1-10(2)21-16-12(8-19-21)6-13(9-18-16)20-17(23)11-4-5-15(26-3)14(7-11)22(24)25/h4-10H,1-3H3,(H,20,23). The number of carbonyl (C=O) groups is 1. The molecule has 0 unspecified atom stereocenters. The molecule has 0 atom stereocenters. The average Bonchev–Trinajstić information content (AvgIpc) is 3.04. The van der Waals surface area contributed by atoms with Gasteiger partial charge in [-0.05, 0) is 38.3 Å². The number of carbonyl (C=O) groups excluding carboxylic acids is 1. The molecule has 134 valence electrons. The second-order valence-electron chi connectivity index (χ2n) is 5.92. The minimum absolute atomic E-state index is 0.0862. The van der Waals surface area contributed by atoms with Crippen LogP contribution in [0, 0.1) is 10.1 Å². The Morgan fingerprint density at radius 1 is 1.31 bits per heavy atom. The van der Waals surface area contributed by atoms with Gasteiger partial charge in [-0.3, -0.25) is 14.9 Å². The predicted molar refractivity (Wildman–Crippen MR) is 101 cm³/mol. The molecule has 0 aliphatic carbocycles. The van der Waals surface area contributed by atoms with E-state index >= 15 is 0 Å². The van der Waals surface area contributed by atoms with E-state index in [1.54, 1.807) is 41.5 Å². The molecule has 0 spiro atoms. The summed E-state index contributed by atoms with van der Waals surface area (Å²) in [5, 5.41) is 19.0. The number of pyridine rings is 1. The van der Waals surface area contributed by atoms with Gasteiger partial charge in [0.2, 0.25) is 0 Å². The summed E-state index contributed by atoms with van der Waals surface area (Å²) in [4.78, 5) is 28.0. The number of hydrogen-bond donors (Lipinski definition) is 1. The molecular formula is C17H17N5O3S. The highest BCUT2D eigenvalue weighted by molar-refractivity contribution is 7.98. The monoisotopic (exact) mass is 371 g/mol. The van der Waals surface area contributed by atoms with E-state index in [0.29, 0.717) is 10.6 Å². The van der Waals surface area contributed by atoms with Gasteiger partial charge in [-0.1, -0.05) is 0 Å². The number of nitro groups is 1. The SMILES string of the molecule is CSc1ccc(C(=O)Nc2cnc3c(cnn3C(C)C)c2)cc1[N+](=O)[O-]. The van der Waals surface area contributed by atoms with Gasteiger partial charge in [0.25, 0.3) is 11.6 Å². The molecule has 8 nitrogen and oxygen atoms in total. The fourth-order valence-electron chi connectivity index (χ4n) is 2.56. The van der Waals surface area contributed by atoms with E-state index in [0.717, 1.165) is 11.0 Å². The van der Waals surface area contributed by atoms with Crippen molar-refractivity contribution in [3.05, 3.63) is 52.3 Å². The Hall–Kier alpha value is -2.94. The van der Waals surface area contributed by atoms with Crippen molar-refractivity contribution in [3.63, 3.8) is 0 Å². The van der Waals surface area contributed by atoms with E-state index < -0.39 is 10.8 Å². The Labute approximate surface area is 153 Å². The van der Waals surface area contributed by atoms with Crippen LogP contribution in [-0.2, 0) is 0 Å². The summed E-state index contributed by atoms with van der Waals surface area (Å²) in [7, 11) is 0. The predicted octanol–water partition coefficient (Wildman–Crippen LogP) is 3.89. The van der Waals surface area contributed by atoms with Crippen molar-refractivity contribution in [3.8, 4) is 0 Å². The van der Waals surface area contributed by atoms with Crippen molar-refractivity contribution in [2.45, 2.75) is 24.8 Å². The van der Waals surface area contributed by atoms with Gasteiger partial charge in [-0.25, -0.2) is 9.67 Å². The van der Waals surface area contributed by atoms with E-state index in [-0.39, 0.29) is 17.3 Å². The number of amides is 1. The largest absolute Gasteiger partial charge is 0.321 e. The fraction of sp³-hybridized carbons (Fsp3) is 0.235. The first-order chi connectivity index (χ1) is 12.4. The fourth-order valence-corrected chi connectivity index (χ4v) is 3.11. The maximum absolute atomic E-state index is 12.4. The molecule has 2 heterocycles. The molecule has 1 N–H and O–H groups in total. The average molecular weight is 371 g/mol. The third kappa shape index (κ3) is 3.38. The first-order valence-corrected chi connectivity index (χ1v) is 9.10. The summed E-state index contributed by atoms with van der Waals surface area (Å²) < 4.78 is 1.80. The number of benzene rings is 1. The maximum atomic E-state index is 12.4. The lowest BCUT2D eigenvalue weighted by atomic mass is 10.2. The Morgan fingerprint density at radius 3 is 2.73 bits per heavy atom. The molecule has 1 aromatic carbocycles. The van der Waals surface area contributed by atoms with Gasteiger partial charge in [0, 0.05) is 23.1 Å². The minimum atomic E-state index is -0.490. The summed E-state index contributed by atoms with van der Waals surface area (Å²) in [5.41, 5.74) is 1.37. The zero-order valence-electron chi connectivity index (χ0n) is 14.5. The molecule has 0 saturated carbocycles. The number of aromatic nitrogens is 3. The number of anilines is 1. The third-order valence-electron chi connectivity index (χ3n) is 3.82. The highest BCUT2D eigenvalue weighted by Gasteiger charge is 2.17. The Morgan fingerprint density at radius 2 is 2.08 bits per heavy atom. The second kappa shape index (κ2) is 7.12. The molecule has 0 radical (unpaired) electrons. The van der Waals surface area contributed by atoms with Crippen LogP contribution >= 0.6 is 11.8 Å². The molecule has 0 bridgehead atoms. The zero-order chi connectivity index (χ0) is 18.8. The summed E-state index contributed by atoms with van der Waals surface area (Å²) in [6, 6.07) is 6.37.